The summed E-state index contributed by atoms with van der Waals surface area (Å²) in [5, 5.41) is 16.4. The number of rotatable bonds is 7. The zero-order valence-corrected chi connectivity index (χ0v) is 13.9. The van der Waals surface area contributed by atoms with E-state index in [1.54, 1.807) is 16.4 Å². The predicted octanol–water partition coefficient (Wildman–Crippen LogP) is 2.60. The molecule has 1 aromatic heterocycles. The van der Waals surface area contributed by atoms with Crippen LogP contribution in [0.3, 0.4) is 0 Å². The average Bonchev–Trinajstić information content (AvgIpc) is 2.90. The Kier molecular flexibility index (Phi) is 5.76. The molecule has 6 heteroatoms. The van der Waals surface area contributed by atoms with Crippen LogP contribution in [0.15, 0.2) is 29.4 Å². The number of benzene rings is 1. The van der Waals surface area contributed by atoms with Crippen LogP contribution in [0.1, 0.15) is 37.9 Å². The average molecular weight is 305 g/mol. The number of tetrazole rings is 1. The van der Waals surface area contributed by atoms with E-state index in [1.807, 2.05) is 7.05 Å². The first-order chi connectivity index (χ1) is 10.2. The molecule has 0 spiro atoms. The van der Waals surface area contributed by atoms with E-state index in [4.69, 9.17) is 0 Å². The maximum atomic E-state index is 4.06. The number of aromatic nitrogens is 4. The second-order valence-electron chi connectivity index (χ2n) is 5.04. The first-order valence-electron chi connectivity index (χ1n) is 7.36. The van der Waals surface area contributed by atoms with E-state index in [0.29, 0.717) is 5.25 Å². The summed E-state index contributed by atoms with van der Waals surface area (Å²) in [7, 11) is 1.87. The van der Waals surface area contributed by atoms with Gasteiger partial charge in [0.1, 0.15) is 0 Å². The monoisotopic (exact) mass is 305 g/mol. The van der Waals surface area contributed by atoms with E-state index in [1.165, 1.54) is 11.1 Å². The first-order valence-corrected chi connectivity index (χ1v) is 8.24. The third-order valence-corrected chi connectivity index (χ3v) is 4.71. The number of thioether (sulfide) groups is 1. The lowest BCUT2D eigenvalue weighted by Crippen LogP contribution is -2.28. The van der Waals surface area contributed by atoms with Gasteiger partial charge in [-0.25, -0.2) is 4.68 Å². The fraction of sp³-hybridized carbons (Fsp3) is 0.533. The van der Waals surface area contributed by atoms with Gasteiger partial charge >= 0.3 is 0 Å². The van der Waals surface area contributed by atoms with Crippen LogP contribution in [-0.2, 0) is 13.5 Å². The van der Waals surface area contributed by atoms with E-state index < -0.39 is 0 Å². The van der Waals surface area contributed by atoms with E-state index >= 15 is 0 Å². The van der Waals surface area contributed by atoms with Gasteiger partial charge in [-0.2, -0.15) is 0 Å². The summed E-state index contributed by atoms with van der Waals surface area (Å²) in [6, 6.07) is 9.14. The smallest absolute Gasteiger partial charge is 0.209 e. The van der Waals surface area contributed by atoms with Crippen molar-refractivity contribution in [3.63, 3.8) is 0 Å². The van der Waals surface area contributed by atoms with E-state index in [9.17, 15) is 0 Å². The molecule has 0 amide bonds. The minimum atomic E-state index is 0.280. The summed E-state index contributed by atoms with van der Waals surface area (Å²) in [6.07, 6.45) is 1.07. The summed E-state index contributed by atoms with van der Waals surface area (Å²) in [4.78, 5) is 0. The van der Waals surface area contributed by atoms with Crippen LogP contribution in [0.25, 0.3) is 0 Å². The molecule has 0 radical (unpaired) electrons. The second kappa shape index (κ2) is 7.56. The molecule has 2 aromatic rings. The molecule has 0 aliphatic carbocycles. The topological polar surface area (TPSA) is 55.6 Å². The van der Waals surface area contributed by atoms with Crippen LogP contribution in [-0.4, -0.2) is 32.0 Å². The van der Waals surface area contributed by atoms with E-state index in [-0.39, 0.29) is 6.04 Å². The van der Waals surface area contributed by atoms with Crippen molar-refractivity contribution in [1.29, 1.82) is 0 Å². The lowest BCUT2D eigenvalue weighted by molar-refractivity contribution is 0.545. The number of aryl methyl sites for hydroxylation is 2. The van der Waals surface area contributed by atoms with Gasteiger partial charge in [0.05, 0.1) is 0 Å². The molecule has 0 aliphatic heterocycles. The summed E-state index contributed by atoms with van der Waals surface area (Å²) < 4.78 is 1.71. The lowest BCUT2D eigenvalue weighted by atomic mass is 10.0. The zero-order valence-electron chi connectivity index (χ0n) is 13.1. The highest BCUT2D eigenvalue weighted by Gasteiger charge is 2.21. The summed E-state index contributed by atoms with van der Waals surface area (Å²) in [6.45, 7) is 7.45. The Labute approximate surface area is 130 Å². The maximum Gasteiger partial charge on any atom is 0.209 e. The molecule has 0 aliphatic rings. The van der Waals surface area contributed by atoms with Crippen molar-refractivity contribution >= 4 is 11.8 Å². The van der Waals surface area contributed by atoms with Crippen molar-refractivity contribution in [3.05, 3.63) is 35.4 Å². The van der Waals surface area contributed by atoms with Crippen LogP contribution in [0.5, 0.6) is 0 Å². The molecular weight excluding hydrogens is 282 g/mol. The van der Waals surface area contributed by atoms with E-state index in [2.05, 4.69) is 65.9 Å². The molecule has 0 fully saturated rings. The van der Waals surface area contributed by atoms with Crippen molar-refractivity contribution in [2.75, 3.05) is 6.54 Å². The molecule has 5 nitrogen and oxygen atoms in total. The highest BCUT2D eigenvalue weighted by Crippen LogP contribution is 2.30. The van der Waals surface area contributed by atoms with Crippen LogP contribution >= 0.6 is 11.8 Å². The Hall–Kier alpha value is -1.40. The van der Waals surface area contributed by atoms with Gasteiger partial charge in [0.25, 0.3) is 0 Å². The normalized spacial score (nSPS) is 14.1. The van der Waals surface area contributed by atoms with Gasteiger partial charge in [-0.1, -0.05) is 56.8 Å². The molecule has 114 valence electrons. The molecule has 0 bridgehead atoms. The van der Waals surface area contributed by atoms with Crippen molar-refractivity contribution < 1.29 is 0 Å². The van der Waals surface area contributed by atoms with Gasteiger partial charge in [0.15, 0.2) is 0 Å². The number of nitrogens with one attached hydrogen (secondary N) is 1. The largest absolute Gasteiger partial charge is 0.309 e. The zero-order chi connectivity index (χ0) is 15.2. The first kappa shape index (κ1) is 16.0. The minimum Gasteiger partial charge on any atom is -0.309 e. The Morgan fingerprint density at radius 2 is 1.95 bits per heavy atom. The molecule has 1 aromatic carbocycles. The quantitative estimate of drug-likeness (QED) is 0.797. The van der Waals surface area contributed by atoms with Crippen molar-refractivity contribution in [2.24, 2.45) is 7.05 Å². The van der Waals surface area contributed by atoms with Crippen molar-refractivity contribution in [1.82, 2.24) is 25.5 Å². The van der Waals surface area contributed by atoms with Gasteiger partial charge in [-0.3, -0.25) is 0 Å². The van der Waals surface area contributed by atoms with Crippen LogP contribution in [0, 0.1) is 0 Å². The number of nitrogens with zero attached hydrogens (tertiary/aromatic N) is 4. The Morgan fingerprint density at radius 1 is 1.24 bits per heavy atom. The summed E-state index contributed by atoms with van der Waals surface area (Å²) >= 11 is 1.69. The SMILES string of the molecule is CCNC(c1ccc(CC)cc1)C(C)Sc1nnnn1C. The second-order valence-corrected chi connectivity index (χ2v) is 6.38. The van der Waals surface area contributed by atoms with Gasteiger partial charge in [-0.05, 0) is 34.5 Å². The van der Waals surface area contributed by atoms with Crippen LogP contribution in [0.4, 0.5) is 0 Å². The van der Waals surface area contributed by atoms with Crippen LogP contribution in [0.2, 0.25) is 0 Å². The number of hydrogen-bond acceptors (Lipinski definition) is 5. The van der Waals surface area contributed by atoms with Crippen molar-refractivity contribution in [3.8, 4) is 0 Å². The lowest BCUT2D eigenvalue weighted by Gasteiger charge is -2.24. The fourth-order valence-corrected chi connectivity index (χ4v) is 3.29. The van der Waals surface area contributed by atoms with Gasteiger partial charge < -0.3 is 5.32 Å². The van der Waals surface area contributed by atoms with E-state index in [0.717, 1.165) is 18.1 Å². The molecule has 1 heterocycles. The minimum absolute atomic E-state index is 0.280. The molecule has 2 unspecified atom stereocenters. The predicted molar refractivity (Wildman–Crippen MR) is 86.4 cm³/mol. The highest BCUT2D eigenvalue weighted by atomic mass is 32.2. The molecule has 21 heavy (non-hydrogen) atoms. The highest BCUT2D eigenvalue weighted by molar-refractivity contribution is 7.99. The van der Waals surface area contributed by atoms with Crippen molar-refractivity contribution in [2.45, 2.75) is 43.6 Å². The Bertz CT molecular complexity index is 551. The third kappa shape index (κ3) is 4.04. The Morgan fingerprint density at radius 3 is 2.48 bits per heavy atom. The van der Waals surface area contributed by atoms with Crippen LogP contribution < -0.4 is 5.32 Å². The number of hydrogen-bond donors (Lipinski definition) is 1. The molecular formula is C15H23N5S. The maximum absolute atomic E-state index is 4.06. The molecule has 1 N–H and O–H groups in total. The molecule has 0 saturated carbocycles. The van der Waals surface area contributed by atoms with Gasteiger partial charge in [0.2, 0.25) is 5.16 Å². The molecule has 2 rings (SSSR count). The molecule has 2 atom stereocenters. The Balaban J connectivity index is 2.14. The molecule has 0 saturated heterocycles. The third-order valence-electron chi connectivity index (χ3n) is 3.51. The standard InChI is InChI=1S/C15H23N5S/c1-5-12-7-9-13(10-8-12)14(16-6-2)11(3)21-15-17-18-19-20(15)4/h7-11,14,16H,5-6H2,1-4H3. The summed E-state index contributed by atoms with van der Waals surface area (Å²) in [5.41, 5.74) is 2.68. The van der Waals surface area contributed by atoms with Gasteiger partial charge in [0, 0.05) is 18.3 Å². The summed E-state index contributed by atoms with van der Waals surface area (Å²) in [5.74, 6) is 0. The van der Waals surface area contributed by atoms with Gasteiger partial charge in [-0.15, -0.1) is 5.10 Å². The fourth-order valence-electron chi connectivity index (χ4n) is 2.29.